The number of benzene rings is 2. The van der Waals surface area contributed by atoms with Crippen LogP contribution in [0.4, 0.5) is 0 Å². The van der Waals surface area contributed by atoms with Crippen LogP contribution >= 0.6 is 0 Å². The first-order valence-corrected chi connectivity index (χ1v) is 17.3. The summed E-state index contributed by atoms with van der Waals surface area (Å²) in [5.74, 6) is 0.149. The highest BCUT2D eigenvalue weighted by Crippen LogP contribution is 2.27. The van der Waals surface area contributed by atoms with Gasteiger partial charge in [0.2, 0.25) is 0 Å². The van der Waals surface area contributed by atoms with Gasteiger partial charge in [-0.05, 0) is 103 Å². The van der Waals surface area contributed by atoms with Gasteiger partial charge in [-0.1, -0.05) is 46.9 Å². The maximum absolute atomic E-state index is 13.7. The van der Waals surface area contributed by atoms with Gasteiger partial charge in [-0.2, -0.15) is 0 Å². The molecule has 0 amide bonds. The normalized spacial score (nSPS) is 26.7. The van der Waals surface area contributed by atoms with E-state index in [1.807, 2.05) is 12.1 Å². The number of nitrogens with one attached hydrogen (secondary N) is 2. The number of fused-ring (bicyclic) bond motifs is 15. The number of hydrogen-bond acceptors (Lipinski definition) is 8. The minimum atomic E-state index is -0.113. The molecule has 0 spiro atoms. The minimum absolute atomic E-state index is 0.0746. The third kappa shape index (κ3) is 10.4. The number of rotatable bonds is 0. The molecule has 0 aromatic heterocycles. The van der Waals surface area contributed by atoms with E-state index in [0.717, 1.165) is 74.1 Å². The van der Waals surface area contributed by atoms with Gasteiger partial charge in [0.05, 0.1) is 0 Å². The van der Waals surface area contributed by atoms with Crippen LogP contribution in [0.1, 0.15) is 101 Å². The highest BCUT2D eigenvalue weighted by atomic mass is 16.3. The van der Waals surface area contributed by atoms with Gasteiger partial charge in [-0.3, -0.25) is 19.8 Å². The van der Waals surface area contributed by atoms with E-state index in [9.17, 15) is 10.2 Å². The lowest BCUT2D eigenvalue weighted by molar-refractivity contribution is -0.270. The molecule has 3 aliphatic rings. The molecule has 8 nitrogen and oxygen atoms in total. The summed E-state index contributed by atoms with van der Waals surface area (Å²) in [6.45, 7) is 23.6. The molecule has 3 heterocycles. The van der Waals surface area contributed by atoms with Gasteiger partial charge in [0.25, 0.3) is 0 Å². The predicted octanol–water partition coefficient (Wildman–Crippen LogP) is 4.69. The Morgan fingerprint density at radius 2 is 1.07 bits per heavy atom. The average molecular weight is 631 g/mol. The zero-order valence-corrected chi connectivity index (χ0v) is 29.7. The zero-order chi connectivity index (χ0) is 33.5. The summed E-state index contributed by atoms with van der Waals surface area (Å²) in [7, 11) is 0. The SMILES string of the molecule is Cc1cc2c([O-])c(c1)CN1CCNC(C)(C)CC(C)N(CCNC(C)(C)CC1C)Cc1cc(C)cc(c1[O-])C=NCCCCN=C2. The van der Waals surface area contributed by atoms with Crippen LogP contribution in [0, 0.1) is 13.8 Å². The lowest BCUT2D eigenvalue weighted by atomic mass is 9.93. The number of aliphatic imine (C=N–C) groups is 2. The Kier molecular flexibility index (Phi) is 12.4. The van der Waals surface area contributed by atoms with Gasteiger partial charge in [0.1, 0.15) is 0 Å². The number of nitrogens with zero attached hydrogens (tertiary/aromatic N) is 4. The van der Waals surface area contributed by atoms with Gasteiger partial charge in [0.15, 0.2) is 0 Å². The fourth-order valence-electron chi connectivity index (χ4n) is 7.22. The van der Waals surface area contributed by atoms with Crippen molar-refractivity contribution in [2.75, 3.05) is 39.3 Å². The topological polar surface area (TPSA) is 101 Å². The fraction of sp³-hybridized carbons (Fsp3) is 0.632. The molecule has 1 saturated heterocycles. The van der Waals surface area contributed by atoms with E-state index >= 15 is 0 Å². The van der Waals surface area contributed by atoms with Crippen LogP contribution in [-0.4, -0.2) is 84.7 Å². The van der Waals surface area contributed by atoms with Crippen LogP contribution in [0.2, 0.25) is 0 Å². The second-order valence-corrected chi connectivity index (χ2v) is 15.1. The van der Waals surface area contributed by atoms with Crippen LogP contribution in [0.25, 0.3) is 0 Å². The quantitative estimate of drug-likeness (QED) is 0.438. The van der Waals surface area contributed by atoms with E-state index < -0.39 is 0 Å². The monoisotopic (exact) mass is 630 g/mol. The van der Waals surface area contributed by atoms with Crippen molar-refractivity contribution in [2.24, 2.45) is 9.98 Å². The van der Waals surface area contributed by atoms with Crippen molar-refractivity contribution >= 4 is 12.4 Å². The Morgan fingerprint density at radius 1 is 0.674 bits per heavy atom. The largest absolute Gasteiger partial charge is 0.872 e. The van der Waals surface area contributed by atoms with Crippen molar-refractivity contribution in [3.8, 4) is 11.5 Å². The Bertz CT molecular complexity index is 1260. The van der Waals surface area contributed by atoms with E-state index in [1.165, 1.54) is 0 Å². The molecule has 2 aromatic rings. The molecule has 2 N–H and O–H groups in total. The van der Waals surface area contributed by atoms with E-state index in [1.54, 1.807) is 12.4 Å². The molecule has 0 radical (unpaired) electrons. The van der Waals surface area contributed by atoms with Crippen LogP contribution in [0.5, 0.6) is 11.5 Å². The summed E-state index contributed by atoms with van der Waals surface area (Å²) < 4.78 is 0. The van der Waals surface area contributed by atoms with E-state index in [0.29, 0.717) is 37.3 Å². The standard InChI is InChI=1S/C38H60N6O2/c1-27-17-31-23-39-11-9-10-12-40-24-32-18-28(2)20-34(36(32)46)26-44-16-14-42-37(5,6)21-29(3)43(25-33(19-27)35(31)45)15-13-41-38(7,8)22-30(44)4/h17-20,23-24,29-30,41-42,45-46H,9-16,21-22,25-26H2,1-8H3/p-2. The summed E-state index contributed by atoms with van der Waals surface area (Å²) in [4.78, 5) is 14.2. The molecule has 8 heteroatoms. The molecule has 0 saturated carbocycles. The van der Waals surface area contributed by atoms with Gasteiger partial charge in [-0.15, -0.1) is 0 Å². The highest BCUT2D eigenvalue weighted by molar-refractivity contribution is 5.85. The first kappa shape index (κ1) is 36.1. The summed E-state index contributed by atoms with van der Waals surface area (Å²) in [5, 5.41) is 35.0. The Labute approximate surface area is 278 Å². The van der Waals surface area contributed by atoms with Crippen LogP contribution in [0.15, 0.2) is 34.3 Å². The number of aryl methyl sites for hydroxylation is 2. The molecular formula is C38H58N6O2-2. The van der Waals surface area contributed by atoms with Crippen LogP contribution < -0.4 is 20.8 Å². The Hall–Kier alpha value is -2.78. The fourth-order valence-corrected chi connectivity index (χ4v) is 7.22. The molecule has 4 unspecified atom stereocenters. The highest BCUT2D eigenvalue weighted by Gasteiger charge is 2.29. The third-order valence-electron chi connectivity index (χ3n) is 9.57. The summed E-state index contributed by atoms with van der Waals surface area (Å²) >= 11 is 0. The van der Waals surface area contributed by atoms with Gasteiger partial charge in [0, 0.05) is 87.9 Å². The smallest absolute Gasteiger partial charge is 0.0390 e. The molecule has 46 heavy (non-hydrogen) atoms. The first-order valence-electron chi connectivity index (χ1n) is 17.3. The van der Waals surface area contributed by atoms with Crippen LogP contribution in [0.3, 0.4) is 0 Å². The lowest BCUT2D eigenvalue weighted by Gasteiger charge is -2.41. The third-order valence-corrected chi connectivity index (χ3v) is 9.57. The molecular weight excluding hydrogens is 572 g/mol. The van der Waals surface area contributed by atoms with Gasteiger partial charge < -0.3 is 20.8 Å². The molecule has 6 bridgehead atoms. The molecule has 3 aliphatic heterocycles. The lowest BCUT2D eigenvalue weighted by Crippen LogP contribution is -2.53. The second-order valence-electron chi connectivity index (χ2n) is 15.1. The van der Waals surface area contributed by atoms with Crippen molar-refractivity contribution in [2.45, 2.75) is 117 Å². The number of hydrogen-bond donors (Lipinski definition) is 2. The zero-order valence-electron chi connectivity index (χ0n) is 29.7. The van der Waals surface area contributed by atoms with E-state index in [-0.39, 0.29) is 34.7 Å². The molecule has 0 aliphatic carbocycles. The van der Waals surface area contributed by atoms with Crippen molar-refractivity contribution < 1.29 is 10.2 Å². The Balaban J connectivity index is 1.74. The van der Waals surface area contributed by atoms with Crippen molar-refractivity contribution in [3.05, 3.63) is 57.6 Å². The van der Waals surface area contributed by atoms with Gasteiger partial charge in [-0.25, -0.2) is 0 Å². The van der Waals surface area contributed by atoms with Crippen molar-refractivity contribution in [1.29, 1.82) is 0 Å². The summed E-state index contributed by atoms with van der Waals surface area (Å²) in [6, 6.07) is 8.52. The minimum Gasteiger partial charge on any atom is -0.872 e. The van der Waals surface area contributed by atoms with E-state index in [2.05, 4.69) is 97.9 Å². The first-order chi connectivity index (χ1) is 21.7. The van der Waals surface area contributed by atoms with Gasteiger partial charge >= 0.3 is 0 Å². The molecule has 1 fully saturated rings. The van der Waals surface area contributed by atoms with Crippen molar-refractivity contribution in [1.82, 2.24) is 20.4 Å². The maximum Gasteiger partial charge on any atom is 0.0390 e. The summed E-state index contributed by atoms with van der Waals surface area (Å²) in [5.41, 5.74) is 4.94. The maximum atomic E-state index is 13.7. The predicted molar refractivity (Wildman–Crippen MR) is 189 cm³/mol. The molecule has 254 valence electrons. The molecule has 2 aromatic carbocycles. The molecule has 5 rings (SSSR count). The summed E-state index contributed by atoms with van der Waals surface area (Å²) in [6.07, 6.45) is 7.13. The molecule has 4 atom stereocenters. The van der Waals surface area contributed by atoms with Crippen LogP contribution in [-0.2, 0) is 13.1 Å². The van der Waals surface area contributed by atoms with Crippen molar-refractivity contribution in [3.63, 3.8) is 0 Å². The Morgan fingerprint density at radius 3 is 1.46 bits per heavy atom. The second kappa shape index (κ2) is 15.9. The van der Waals surface area contributed by atoms with E-state index in [4.69, 9.17) is 0 Å². The average Bonchev–Trinajstić information content (AvgIpc) is 2.95.